The smallest absolute Gasteiger partial charge is 0.172 e. The molecule has 29 heavy (non-hydrogen) atoms. The number of benzene rings is 4. The molecule has 0 aliphatic rings. The molecule has 2 nitrogen and oxygen atoms in total. The van der Waals surface area contributed by atoms with Gasteiger partial charge in [-0.05, 0) is 45.8 Å². The lowest BCUT2D eigenvalue weighted by molar-refractivity contribution is 0.166. The average molecular weight is 401 g/mol. The summed E-state index contributed by atoms with van der Waals surface area (Å²) in [6.07, 6.45) is 1.43. The molecule has 4 rings (SSSR count). The van der Waals surface area contributed by atoms with Crippen LogP contribution in [0.2, 0.25) is 0 Å². The maximum atomic E-state index is 6.18. The van der Waals surface area contributed by atoms with Gasteiger partial charge in [-0.3, -0.25) is 0 Å². The summed E-state index contributed by atoms with van der Waals surface area (Å²) < 4.78 is 12.4. The predicted octanol–water partition coefficient (Wildman–Crippen LogP) is 4.71. The zero-order valence-electron chi connectivity index (χ0n) is 17.2. The Labute approximate surface area is 174 Å². The first-order chi connectivity index (χ1) is 14.3. The summed E-state index contributed by atoms with van der Waals surface area (Å²) in [5, 5.41) is 7.97. The van der Waals surface area contributed by atoms with E-state index in [4.69, 9.17) is 9.47 Å². The van der Waals surface area contributed by atoms with Crippen LogP contribution < -0.4 is 10.4 Å². The molecule has 0 spiro atoms. The van der Waals surface area contributed by atoms with Gasteiger partial charge in [0.15, 0.2) is 8.07 Å². The third kappa shape index (κ3) is 3.74. The Kier molecular flexibility index (Phi) is 6.10. The first-order valence-electron chi connectivity index (χ1n) is 10.4. The molecule has 0 unspecified atom stereocenters. The zero-order valence-corrected chi connectivity index (χ0v) is 18.2. The van der Waals surface area contributed by atoms with Gasteiger partial charge in [-0.2, -0.15) is 0 Å². The SMILES string of the molecule is CCOC[Si](COCC)(c1cccc2ccccc12)c1cccc2ccccc12. The number of rotatable bonds is 8. The van der Waals surface area contributed by atoms with Crippen LogP contribution >= 0.6 is 0 Å². The summed E-state index contributed by atoms with van der Waals surface area (Å²) in [5.41, 5.74) is 0. The molecule has 0 saturated heterocycles. The van der Waals surface area contributed by atoms with Gasteiger partial charge in [-0.25, -0.2) is 0 Å². The second-order valence-corrected chi connectivity index (χ2v) is 11.2. The van der Waals surface area contributed by atoms with Crippen molar-refractivity contribution in [1.29, 1.82) is 0 Å². The van der Waals surface area contributed by atoms with E-state index in [9.17, 15) is 0 Å². The lowest BCUT2D eigenvalue weighted by atomic mass is 10.1. The van der Waals surface area contributed by atoms with Gasteiger partial charge in [-0.15, -0.1) is 0 Å². The third-order valence-electron chi connectivity index (χ3n) is 5.72. The molecule has 0 amide bonds. The summed E-state index contributed by atoms with van der Waals surface area (Å²) in [6, 6.07) is 30.7. The van der Waals surface area contributed by atoms with E-state index in [0.29, 0.717) is 25.7 Å². The molecular weight excluding hydrogens is 372 g/mol. The second-order valence-electron chi connectivity index (χ2n) is 7.41. The van der Waals surface area contributed by atoms with E-state index in [1.54, 1.807) is 0 Å². The van der Waals surface area contributed by atoms with Crippen molar-refractivity contribution in [2.24, 2.45) is 0 Å². The van der Waals surface area contributed by atoms with Crippen molar-refractivity contribution in [3.8, 4) is 0 Å². The Hall–Kier alpha value is -2.46. The Balaban J connectivity index is 2.05. The normalized spacial score (nSPS) is 11.9. The standard InChI is InChI=1S/C26H28O2Si/c1-3-27-19-29(20-28-4-2,25-17-9-13-21-11-5-7-15-23(21)25)26-18-10-14-22-12-6-8-16-24(22)26/h5-18H,3-4,19-20H2,1-2H3. The maximum Gasteiger partial charge on any atom is 0.172 e. The van der Waals surface area contributed by atoms with Gasteiger partial charge in [-0.1, -0.05) is 84.9 Å². The van der Waals surface area contributed by atoms with Crippen molar-refractivity contribution >= 4 is 40.0 Å². The lowest BCUT2D eigenvalue weighted by Crippen LogP contribution is -2.66. The molecule has 0 aliphatic heterocycles. The highest BCUT2D eigenvalue weighted by Crippen LogP contribution is 2.21. The van der Waals surface area contributed by atoms with Crippen molar-refractivity contribution in [3.63, 3.8) is 0 Å². The maximum absolute atomic E-state index is 6.18. The largest absolute Gasteiger partial charge is 0.384 e. The highest BCUT2D eigenvalue weighted by atomic mass is 28.3. The summed E-state index contributed by atoms with van der Waals surface area (Å²) in [6.45, 7) is 5.56. The van der Waals surface area contributed by atoms with Crippen LogP contribution in [0.1, 0.15) is 13.8 Å². The highest BCUT2D eigenvalue weighted by molar-refractivity contribution is 7.04. The molecule has 0 radical (unpaired) electrons. The fraction of sp³-hybridized carbons (Fsp3) is 0.231. The Morgan fingerprint density at radius 2 is 0.966 bits per heavy atom. The highest BCUT2D eigenvalue weighted by Gasteiger charge is 2.40. The van der Waals surface area contributed by atoms with E-state index in [2.05, 4.69) is 98.8 Å². The van der Waals surface area contributed by atoms with Crippen LogP contribution in [-0.4, -0.2) is 33.7 Å². The van der Waals surface area contributed by atoms with Gasteiger partial charge in [0.2, 0.25) is 0 Å². The first kappa shape index (κ1) is 19.8. The molecule has 0 N–H and O–H groups in total. The molecule has 0 aliphatic carbocycles. The van der Waals surface area contributed by atoms with E-state index in [-0.39, 0.29) is 0 Å². The summed E-state index contributed by atoms with van der Waals surface area (Å²) in [7, 11) is -2.36. The van der Waals surface area contributed by atoms with E-state index >= 15 is 0 Å². The van der Waals surface area contributed by atoms with Crippen LogP contribution in [-0.2, 0) is 9.47 Å². The molecule has 4 aromatic rings. The Morgan fingerprint density at radius 3 is 1.41 bits per heavy atom. The van der Waals surface area contributed by atoms with Crippen molar-refractivity contribution in [3.05, 3.63) is 84.9 Å². The first-order valence-corrected chi connectivity index (χ1v) is 12.8. The van der Waals surface area contributed by atoms with Crippen molar-refractivity contribution in [1.82, 2.24) is 0 Å². The van der Waals surface area contributed by atoms with Gasteiger partial charge in [0.25, 0.3) is 0 Å². The van der Waals surface area contributed by atoms with E-state index < -0.39 is 8.07 Å². The van der Waals surface area contributed by atoms with E-state index in [1.807, 2.05) is 0 Å². The molecule has 0 atom stereocenters. The molecule has 3 heteroatoms. The third-order valence-corrected chi connectivity index (χ3v) is 10.0. The number of hydrogen-bond acceptors (Lipinski definition) is 2. The van der Waals surface area contributed by atoms with Crippen molar-refractivity contribution < 1.29 is 9.47 Å². The quantitative estimate of drug-likeness (QED) is 0.399. The molecule has 0 fully saturated rings. The minimum Gasteiger partial charge on any atom is -0.384 e. The topological polar surface area (TPSA) is 18.5 Å². The predicted molar refractivity (Wildman–Crippen MR) is 126 cm³/mol. The second kappa shape index (κ2) is 8.91. The fourth-order valence-electron chi connectivity index (χ4n) is 4.34. The van der Waals surface area contributed by atoms with Gasteiger partial charge in [0.1, 0.15) is 0 Å². The number of fused-ring (bicyclic) bond motifs is 2. The summed E-state index contributed by atoms with van der Waals surface area (Å²) in [4.78, 5) is 0. The molecule has 148 valence electrons. The summed E-state index contributed by atoms with van der Waals surface area (Å²) in [5.74, 6) is 0. The van der Waals surface area contributed by atoms with Crippen LogP contribution in [0, 0.1) is 0 Å². The minimum absolute atomic E-state index is 0.705. The van der Waals surface area contributed by atoms with E-state index in [1.165, 1.54) is 31.9 Å². The van der Waals surface area contributed by atoms with Gasteiger partial charge in [0, 0.05) is 13.2 Å². The van der Waals surface area contributed by atoms with Crippen molar-refractivity contribution in [2.45, 2.75) is 13.8 Å². The number of hydrogen-bond donors (Lipinski definition) is 0. The van der Waals surface area contributed by atoms with Gasteiger partial charge in [0.05, 0.1) is 12.5 Å². The van der Waals surface area contributed by atoms with Crippen molar-refractivity contribution in [2.75, 3.05) is 25.7 Å². The van der Waals surface area contributed by atoms with Crippen LogP contribution in [0.5, 0.6) is 0 Å². The Morgan fingerprint density at radius 1 is 0.552 bits per heavy atom. The average Bonchev–Trinajstić information content (AvgIpc) is 2.79. The van der Waals surface area contributed by atoms with E-state index in [0.717, 1.165) is 0 Å². The molecule has 0 aromatic heterocycles. The molecule has 4 aromatic carbocycles. The molecule has 0 heterocycles. The molecular formula is C26H28O2Si. The summed E-state index contributed by atoms with van der Waals surface area (Å²) >= 11 is 0. The number of ether oxygens (including phenoxy) is 2. The van der Waals surface area contributed by atoms with Gasteiger partial charge >= 0.3 is 0 Å². The monoisotopic (exact) mass is 400 g/mol. The van der Waals surface area contributed by atoms with Crippen LogP contribution in [0.15, 0.2) is 84.9 Å². The molecule has 0 bridgehead atoms. The van der Waals surface area contributed by atoms with Gasteiger partial charge < -0.3 is 9.47 Å². The zero-order chi connectivity index (χ0) is 20.1. The van der Waals surface area contributed by atoms with Crippen LogP contribution in [0.4, 0.5) is 0 Å². The Bertz CT molecular complexity index is 1010. The molecule has 0 saturated carbocycles. The lowest BCUT2D eigenvalue weighted by Gasteiger charge is -2.34. The van der Waals surface area contributed by atoms with Crippen LogP contribution in [0.25, 0.3) is 21.5 Å². The van der Waals surface area contributed by atoms with Crippen LogP contribution in [0.3, 0.4) is 0 Å². The minimum atomic E-state index is -2.36. The fourth-order valence-corrected chi connectivity index (χ4v) is 8.75.